The molecular weight excluding hydrogens is 402 g/mol. The lowest BCUT2D eigenvalue weighted by molar-refractivity contribution is -0.122. The van der Waals surface area contributed by atoms with Crippen LogP contribution in [-0.2, 0) is 4.79 Å². The molecule has 1 heterocycles. The number of imide groups is 1. The predicted octanol–water partition coefficient (Wildman–Crippen LogP) is 4.68. The van der Waals surface area contributed by atoms with E-state index >= 15 is 0 Å². The van der Waals surface area contributed by atoms with Crippen LogP contribution in [0.2, 0.25) is 0 Å². The molecule has 4 nitrogen and oxygen atoms in total. The van der Waals surface area contributed by atoms with Crippen molar-refractivity contribution in [1.82, 2.24) is 4.90 Å². The zero-order chi connectivity index (χ0) is 18.0. The van der Waals surface area contributed by atoms with E-state index in [2.05, 4.69) is 15.9 Å². The molecule has 0 radical (unpaired) electrons. The van der Waals surface area contributed by atoms with Crippen molar-refractivity contribution in [1.29, 1.82) is 0 Å². The van der Waals surface area contributed by atoms with E-state index in [-0.39, 0.29) is 12.3 Å². The number of rotatable bonds is 4. The van der Waals surface area contributed by atoms with Crippen molar-refractivity contribution in [3.63, 3.8) is 0 Å². The summed E-state index contributed by atoms with van der Waals surface area (Å²) in [5.74, 6) is -0.701. The van der Waals surface area contributed by atoms with Gasteiger partial charge in [-0.2, -0.15) is 0 Å². The normalized spacial score (nSPS) is 15.9. The van der Waals surface area contributed by atoms with Gasteiger partial charge in [0.25, 0.3) is 11.1 Å². The molecule has 1 fully saturated rings. The fourth-order valence-electron chi connectivity index (χ4n) is 2.32. The van der Waals surface area contributed by atoms with Crippen molar-refractivity contribution in [3.05, 3.63) is 74.6 Å². The monoisotopic (exact) mass is 415 g/mol. The third kappa shape index (κ3) is 4.08. The highest BCUT2D eigenvalue weighted by molar-refractivity contribution is 9.10. The quantitative estimate of drug-likeness (QED) is 0.537. The standard InChI is InChI=1S/C19H14BrNO3S/c1-12-2-4-13(5-3-12)10-17-18(23)21(19(24)25-17)11-16(22)14-6-8-15(20)9-7-14/h2-10H,11H2,1H3/b17-10+. The number of benzene rings is 2. The molecule has 0 aliphatic carbocycles. The molecule has 2 aromatic rings. The van der Waals surface area contributed by atoms with Crippen molar-refractivity contribution in [2.75, 3.05) is 6.54 Å². The van der Waals surface area contributed by atoms with Crippen LogP contribution < -0.4 is 0 Å². The Kier molecular flexibility index (Phi) is 5.20. The molecular formula is C19H14BrNO3S. The Hall–Kier alpha value is -2.18. The summed E-state index contributed by atoms with van der Waals surface area (Å²) in [6.45, 7) is 1.73. The van der Waals surface area contributed by atoms with Gasteiger partial charge in [-0.15, -0.1) is 0 Å². The second kappa shape index (κ2) is 7.37. The minimum Gasteiger partial charge on any atom is -0.292 e. The Bertz CT molecular complexity index is 873. The first-order chi connectivity index (χ1) is 11.9. The highest BCUT2D eigenvalue weighted by atomic mass is 79.9. The van der Waals surface area contributed by atoms with E-state index in [1.54, 1.807) is 30.3 Å². The highest BCUT2D eigenvalue weighted by Gasteiger charge is 2.36. The largest absolute Gasteiger partial charge is 0.293 e. The smallest absolute Gasteiger partial charge is 0.292 e. The van der Waals surface area contributed by atoms with Gasteiger partial charge in [-0.1, -0.05) is 57.9 Å². The summed E-state index contributed by atoms with van der Waals surface area (Å²) in [4.78, 5) is 38.2. The Labute approximate surface area is 158 Å². The lowest BCUT2D eigenvalue weighted by Crippen LogP contribution is -2.33. The van der Waals surface area contributed by atoms with Crippen molar-refractivity contribution in [2.24, 2.45) is 0 Å². The molecule has 2 amide bonds. The number of Topliss-reactive ketones (excluding diaryl/α,β-unsaturated/α-hetero) is 1. The number of carbonyl (C=O) groups excluding carboxylic acids is 3. The number of hydrogen-bond donors (Lipinski definition) is 0. The fraction of sp³-hybridized carbons (Fsp3) is 0.105. The molecule has 0 atom stereocenters. The van der Waals surface area contributed by atoms with Gasteiger partial charge in [0, 0.05) is 10.0 Å². The lowest BCUT2D eigenvalue weighted by Gasteiger charge is -2.11. The summed E-state index contributed by atoms with van der Waals surface area (Å²) in [5, 5.41) is -0.422. The minimum absolute atomic E-state index is 0.252. The molecule has 0 aromatic heterocycles. The molecule has 0 saturated carbocycles. The minimum atomic E-state index is -0.430. The van der Waals surface area contributed by atoms with Gasteiger partial charge in [-0.05, 0) is 42.5 Å². The summed E-state index contributed by atoms with van der Waals surface area (Å²) in [6, 6.07) is 14.5. The van der Waals surface area contributed by atoms with Crippen molar-refractivity contribution in [3.8, 4) is 0 Å². The maximum absolute atomic E-state index is 12.5. The van der Waals surface area contributed by atoms with Gasteiger partial charge >= 0.3 is 0 Å². The van der Waals surface area contributed by atoms with E-state index in [1.807, 2.05) is 31.2 Å². The van der Waals surface area contributed by atoms with Crippen LogP contribution in [0.25, 0.3) is 6.08 Å². The van der Waals surface area contributed by atoms with Crippen LogP contribution in [0.1, 0.15) is 21.5 Å². The summed E-state index contributed by atoms with van der Waals surface area (Å²) >= 11 is 4.16. The molecule has 1 aliphatic rings. The second-order valence-corrected chi connectivity index (χ2v) is 7.52. The molecule has 0 bridgehead atoms. The molecule has 126 valence electrons. The SMILES string of the molecule is Cc1ccc(/C=C2/SC(=O)N(CC(=O)c3ccc(Br)cc3)C2=O)cc1. The zero-order valence-corrected chi connectivity index (χ0v) is 15.8. The number of amides is 2. The number of aryl methyl sites for hydroxylation is 1. The Morgan fingerprint density at radius 1 is 1.08 bits per heavy atom. The van der Waals surface area contributed by atoms with Crippen LogP contribution in [-0.4, -0.2) is 28.4 Å². The van der Waals surface area contributed by atoms with E-state index in [9.17, 15) is 14.4 Å². The van der Waals surface area contributed by atoms with Crippen LogP contribution in [0.3, 0.4) is 0 Å². The molecule has 0 N–H and O–H groups in total. The molecule has 6 heteroatoms. The first kappa shape index (κ1) is 17.6. The van der Waals surface area contributed by atoms with Gasteiger partial charge < -0.3 is 0 Å². The second-order valence-electron chi connectivity index (χ2n) is 5.61. The van der Waals surface area contributed by atoms with E-state index in [0.717, 1.165) is 32.3 Å². The lowest BCUT2D eigenvalue weighted by atomic mass is 10.1. The van der Waals surface area contributed by atoms with Crippen molar-refractivity contribution in [2.45, 2.75) is 6.92 Å². The third-order valence-corrected chi connectivity index (χ3v) is 5.15. The Morgan fingerprint density at radius 3 is 2.36 bits per heavy atom. The first-order valence-corrected chi connectivity index (χ1v) is 9.16. The number of halogens is 1. The Morgan fingerprint density at radius 2 is 1.72 bits per heavy atom. The summed E-state index contributed by atoms with van der Waals surface area (Å²) in [5.41, 5.74) is 2.42. The van der Waals surface area contributed by atoms with Crippen LogP contribution in [0.4, 0.5) is 4.79 Å². The number of carbonyl (C=O) groups is 3. The van der Waals surface area contributed by atoms with E-state index in [0.29, 0.717) is 10.5 Å². The van der Waals surface area contributed by atoms with Crippen molar-refractivity contribution >= 4 is 50.7 Å². The highest BCUT2D eigenvalue weighted by Crippen LogP contribution is 2.32. The first-order valence-electron chi connectivity index (χ1n) is 7.55. The molecule has 1 saturated heterocycles. The molecule has 1 aliphatic heterocycles. The van der Waals surface area contributed by atoms with Crippen LogP contribution in [0.5, 0.6) is 0 Å². The number of thioether (sulfide) groups is 1. The van der Waals surface area contributed by atoms with Gasteiger partial charge in [0.1, 0.15) is 0 Å². The van der Waals surface area contributed by atoms with Gasteiger partial charge in [0.05, 0.1) is 11.4 Å². The van der Waals surface area contributed by atoms with E-state index in [1.165, 1.54) is 0 Å². The molecule has 3 rings (SSSR count). The summed E-state index contributed by atoms with van der Waals surface area (Å²) in [7, 11) is 0. The van der Waals surface area contributed by atoms with E-state index < -0.39 is 11.1 Å². The molecule has 2 aromatic carbocycles. The summed E-state index contributed by atoms with van der Waals surface area (Å²) < 4.78 is 0.858. The van der Waals surface area contributed by atoms with Crippen molar-refractivity contribution < 1.29 is 14.4 Å². The van der Waals surface area contributed by atoms with Gasteiger partial charge in [-0.3, -0.25) is 19.3 Å². The zero-order valence-electron chi connectivity index (χ0n) is 13.4. The number of ketones is 1. The fourth-order valence-corrected chi connectivity index (χ4v) is 3.42. The van der Waals surface area contributed by atoms with Crippen LogP contribution >= 0.6 is 27.7 Å². The average molecular weight is 416 g/mol. The maximum atomic E-state index is 12.5. The third-order valence-electron chi connectivity index (χ3n) is 3.72. The molecule has 25 heavy (non-hydrogen) atoms. The average Bonchev–Trinajstić information content (AvgIpc) is 2.85. The van der Waals surface area contributed by atoms with Crippen LogP contribution in [0, 0.1) is 6.92 Å². The number of nitrogens with zero attached hydrogens (tertiary/aromatic N) is 1. The van der Waals surface area contributed by atoms with Crippen LogP contribution in [0.15, 0.2) is 57.9 Å². The Balaban J connectivity index is 1.76. The van der Waals surface area contributed by atoms with Gasteiger partial charge in [0.15, 0.2) is 5.78 Å². The van der Waals surface area contributed by atoms with Gasteiger partial charge in [0.2, 0.25) is 0 Å². The topological polar surface area (TPSA) is 54.5 Å². The molecule has 0 unspecified atom stereocenters. The maximum Gasteiger partial charge on any atom is 0.293 e. The number of hydrogen-bond acceptors (Lipinski definition) is 4. The van der Waals surface area contributed by atoms with Gasteiger partial charge in [-0.25, -0.2) is 0 Å². The molecule has 0 spiro atoms. The summed E-state index contributed by atoms with van der Waals surface area (Å²) in [6.07, 6.45) is 1.68. The predicted molar refractivity (Wildman–Crippen MR) is 102 cm³/mol. The van der Waals surface area contributed by atoms with E-state index in [4.69, 9.17) is 0 Å².